The first kappa shape index (κ1) is 48.2. The molecule has 0 aliphatic carbocycles. The summed E-state index contributed by atoms with van der Waals surface area (Å²) in [6.07, 6.45) is 55.7. The summed E-state index contributed by atoms with van der Waals surface area (Å²) in [5, 5.41) is 13.3. The minimum absolute atomic E-state index is 0.157. The van der Waals surface area contributed by atoms with Gasteiger partial charge >= 0.3 is 0 Å². The second-order valence-corrected chi connectivity index (χ2v) is 15.7. The van der Waals surface area contributed by atoms with Crippen LogP contribution in [0.2, 0.25) is 0 Å². The average Bonchev–Trinajstić information content (AvgIpc) is 3.10. The minimum atomic E-state index is -0.268. The molecule has 0 fully saturated rings. The first-order valence-corrected chi connectivity index (χ1v) is 22.8. The Kier molecular flexibility index (Phi) is 42.6. The lowest BCUT2D eigenvalue weighted by Gasteiger charge is -2.11. The molecule has 0 aliphatic rings. The molecule has 292 valence electrons. The van der Waals surface area contributed by atoms with Crippen molar-refractivity contribution < 1.29 is 9.90 Å². The lowest BCUT2D eigenvalue weighted by atomic mass is 10.0. The van der Waals surface area contributed by atoms with E-state index in [1.165, 1.54) is 212 Å². The van der Waals surface area contributed by atoms with Gasteiger partial charge in [0.15, 0.2) is 0 Å². The quantitative estimate of drug-likeness (QED) is 0.0495. The Morgan fingerprint density at radius 3 is 1.10 bits per heavy atom. The van der Waals surface area contributed by atoms with E-state index in [4.69, 9.17) is 0 Å². The summed E-state index contributed by atoms with van der Waals surface area (Å²) in [6.45, 7) is 5.19. The number of hydrogen-bond donors (Lipinski definition) is 2. The Morgan fingerprint density at radius 2 is 0.735 bits per heavy atom. The van der Waals surface area contributed by atoms with Gasteiger partial charge in [0.05, 0.1) is 6.10 Å². The zero-order valence-corrected chi connectivity index (χ0v) is 33.9. The third-order valence-electron chi connectivity index (χ3n) is 10.6. The lowest BCUT2D eigenvalue weighted by molar-refractivity contribution is -0.121. The standard InChI is InChI=1S/C46H91NO2/c1-3-5-7-9-11-13-15-17-19-20-21-22-23-24-25-26-28-29-31-33-35-37-39-41-45(48)43-44-47-46(49)42-40-38-36-34-32-30-27-18-16-14-12-10-8-6-4-2/h18,27,45,48H,3-17,19-26,28-44H2,1-2H3,(H,47,49)/b27-18-. The van der Waals surface area contributed by atoms with E-state index in [0.717, 1.165) is 25.7 Å². The molecule has 2 N–H and O–H groups in total. The van der Waals surface area contributed by atoms with Gasteiger partial charge in [-0.3, -0.25) is 4.79 Å². The molecule has 0 rings (SSSR count). The SMILES string of the molecule is CCCCCCCC/C=C\CCCCCCCC(=O)NCCC(O)CCCCCCCCCCCCCCCCCCCCCCCCC. The van der Waals surface area contributed by atoms with Crippen LogP contribution >= 0.6 is 0 Å². The maximum atomic E-state index is 12.1. The number of aliphatic hydroxyl groups excluding tert-OH is 1. The van der Waals surface area contributed by atoms with Gasteiger partial charge < -0.3 is 10.4 Å². The highest BCUT2D eigenvalue weighted by atomic mass is 16.3. The van der Waals surface area contributed by atoms with Crippen LogP contribution in [0.15, 0.2) is 12.2 Å². The number of carbonyl (C=O) groups excluding carboxylic acids is 1. The normalized spacial score (nSPS) is 12.3. The fraction of sp³-hybridized carbons (Fsp3) is 0.935. The summed E-state index contributed by atoms with van der Waals surface area (Å²) in [5.41, 5.74) is 0. The van der Waals surface area contributed by atoms with Crippen LogP contribution in [0.25, 0.3) is 0 Å². The van der Waals surface area contributed by atoms with Crippen molar-refractivity contribution in [2.45, 2.75) is 270 Å². The molecule has 0 saturated carbocycles. The maximum Gasteiger partial charge on any atom is 0.219 e. The molecule has 0 radical (unpaired) electrons. The first-order valence-electron chi connectivity index (χ1n) is 22.8. The summed E-state index contributed by atoms with van der Waals surface area (Å²) in [6, 6.07) is 0. The van der Waals surface area contributed by atoms with Crippen LogP contribution in [0.5, 0.6) is 0 Å². The summed E-state index contributed by atoms with van der Waals surface area (Å²) in [4.78, 5) is 12.1. The molecule has 0 aromatic rings. The molecule has 0 spiro atoms. The maximum absolute atomic E-state index is 12.1. The van der Waals surface area contributed by atoms with Gasteiger partial charge in [0.1, 0.15) is 0 Å². The van der Waals surface area contributed by atoms with Crippen LogP contribution in [0.1, 0.15) is 264 Å². The second kappa shape index (κ2) is 43.3. The van der Waals surface area contributed by atoms with Crippen LogP contribution < -0.4 is 5.32 Å². The van der Waals surface area contributed by atoms with E-state index in [9.17, 15) is 9.90 Å². The molecule has 1 amide bonds. The highest BCUT2D eigenvalue weighted by molar-refractivity contribution is 5.75. The van der Waals surface area contributed by atoms with E-state index in [-0.39, 0.29) is 12.0 Å². The Bertz CT molecular complexity index is 647. The zero-order chi connectivity index (χ0) is 35.6. The van der Waals surface area contributed by atoms with E-state index >= 15 is 0 Å². The summed E-state index contributed by atoms with van der Waals surface area (Å²) >= 11 is 0. The van der Waals surface area contributed by atoms with Crippen molar-refractivity contribution in [1.29, 1.82) is 0 Å². The number of nitrogens with one attached hydrogen (secondary N) is 1. The summed E-state index contributed by atoms with van der Waals surface area (Å²) < 4.78 is 0. The predicted octanol–water partition coefficient (Wildman–Crippen LogP) is 15.3. The Morgan fingerprint density at radius 1 is 0.429 bits per heavy atom. The van der Waals surface area contributed by atoms with Gasteiger partial charge in [0.2, 0.25) is 5.91 Å². The lowest BCUT2D eigenvalue weighted by Crippen LogP contribution is -2.26. The molecular formula is C46H91NO2. The van der Waals surface area contributed by atoms with E-state index in [0.29, 0.717) is 19.4 Å². The molecular weight excluding hydrogens is 599 g/mol. The minimum Gasteiger partial charge on any atom is -0.393 e. The molecule has 1 atom stereocenters. The Balaban J connectivity index is 3.26. The van der Waals surface area contributed by atoms with Crippen LogP contribution in [-0.2, 0) is 4.79 Å². The molecule has 0 heterocycles. The third kappa shape index (κ3) is 43.3. The largest absolute Gasteiger partial charge is 0.393 e. The number of carbonyl (C=O) groups is 1. The van der Waals surface area contributed by atoms with Gasteiger partial charge in [-0.15, -0.1) is 0 Å². The van der Waals surface area contributed by atoms with Gasteiger partial charge in [-0.25, -0.2) is 0 Å². The van der Waals surface area contributed by atoms with Gasteiger partial charge in [0.25, 0.3) is 0 Å². The zero-order valence-electron chi connectivity index (χ0n) is 33.9. The van der Waals surface area contributed by atoms with E-state index < -0.39 is 0 Å². The third-order valence-corrected chi connectivity index (χ3v) is 10.6. The summed E-state index contributed by atoms with van der Waals surface area (Å²) in [5.74, 6) is 0.157. The van der Waals surface area contributed by atoms with Crippen molar-refractivity contribution in [2.75, 3.05) is 6.54 Å². The fourth-order valence-corrected chi connectivity index (χ4v) is 7.13. The fourth-order valence-electron chi connectivity index (χ4n) is 7.13. The Labute approximate surface area is 309 Å². The van der Waals surface area contributed by atoms with Gasteiger partial charge in [0, 0.05) is 13.0 Å². The topological polar surface area (TPSA) is 49.3 Å². The molecule has 0 aromatic carbocycles. The van der Waals surface area contributed by atoms with Crippen LogP contribution in [0.3, 0.4) is 0 Å². The predicted molar refractivity (Wildman–Crippen MR) is 220 cm³/mol. The van der Waals surface area contributed by atoms with Crippen molar-refractivity contribution >= 4 is 5.91 Å². The van der Waals surface area contributed by atoms with Crippen molar-refractivity contribution in [1.82, 2.24) is 5.32 Å². The van der Waals surface area contributed by atoms with Gasteiger partial charge in [-0.05, 0) is 44.9 Å². The number of hydrogen-bond acceptors (Lipinski definition) is 2. The number of aliphatic hydroxyl groups is 1. The van der Waals surface area contributed by atoms with Crippen LogP contribution in [-0.4, -0.2) is 23.7 Å². The second-order valence-electron chi connectivity index (χ2n) is 15.7. The molecule has 0 saturated heterocycles. The van der Waals surface area contributed by atoms with E-state index in [1.54, 1.807) is 0 Å². The highest BCUT2D eigenvalue weighted by Crippen LogP contribution is 2.16. The molecule has 49 heavy (non-hydrogen) atoms. The molecule has 3 heteroatoms. The van der Waals surface area contributed by atoms with Crippen molar-refractivity contribution in [2.24, 2.45) is 0 Å². The van der Waals surface area contributed by atoms with Crippen LogP contribution in [0.4, 0.5) is 0 Å². The van der Waals surface area contributed by atoms with E-state index in [2.05, 4.69) is 31.3 Å². The number of unbranched alkanes of at least 4 members (excludes halogenated alkanes) is 33. The van der Waals surface area contributed by atoms with Gasteiger partial charge in [-0.1, -0.05) is 225 Å². The van der Waals surface area contributed by atoms with Crippen molar-refractivity contribution in [3.8, 4) is 0 Å². The van der Waals surface area contributed by atoms with Crippen molar-refractivity contribution in [3.63, 3.8) is 0 Å². The number of rotatable bonds is 42. The summed E-state index contributed by atoms with van der Waals surface area (Å²) in [7, 11) is 0. The average molecular weight is 690 g/mol. The van der Waals surface area contributed by atoms with Gasteiger partial charge in [-0.2, -0.15) is 0 Å². The first-order chi connectivity index (χ1) is 24.2. The number of amides is 1. The number of allylic oxidation sites excluding steroid dienone is 2. The molecule has 0 aliphatic heterocycles. The Hall–Kier alpha value is -0.830. The molecule has 0 aromatic heterocycles. The van der Waals surface area contributed by atoms with E-state index in [1.807, 2.05) is 0 Å². The molecule has 0 bridgehead atoms. The molecule has 3 nitrogen and oxygen atoms in total. The van der Waals surface area contributed by atoms with Crippen LogP contribution in [0, 0.1) is 0 Å². The molecule has 1 unspecified atom stereocenters. The monoisotopic (exact) mass is 690 g/mol. The smallest absolute Gasteiger partial charge is 0.219 e. The van der Waals surface area contributed by atoms with Crippen molar-refractivity contribution in [3.05, 3.63) is 12.2 Å². The highest BCUT2D eigenvalue weighted by Gasteiger charge is 2.06.